The number of allylic oxidation sites excluding steroid dienone is 1. The van der Waals surface area contributed by atoms with Gasteiger partial charge in [0.1, 0.15) is 12.4 Å². The van der Waals surface area contributed by atoms with E-state index in [2.05, 4.69) is 67.6 Å². The zero-order valence-electron chi connectivity index (χ0n) is 19.7. The summed E-state index contributed by atoms with van der Waals surface area (Å²) in [6, 6.07) is 29.1. The molecule has 0 fully saturated rings. The van der Waals surface area contributed by atoms with E-state index in [1.165, 1.54) is 41.2 Å². The van der Waals surface area contributed by atoms with Crippen LogP contribution in [0.5, 0.6) is 5.75 Å². The molecule has 33 heavy (non-hydrogen) atoms. The van der Waals surface area contributed by atoms with Gasteiger partial charge in [0.05, 0.1) is 0 Å². The SMILES string of the molecule is CC/C(=C(\c1ccccc1)c1ccc(OCCN(C)P(=O)(OC)OC)cc1)c1ccccc1. The minimum atomic E-state index is -3.25. The Morgan fingerprint density at radius 2 is 1.30 bits per heavy atom. The molecule has 0 amide bonds. The normalized spacial score (nSPS) is 12.5. The first kappa shape index (κ1) is 24.9. The molecule has 0 aliphatic heterocycles. The first-order valence-electron chi connectivity index (χ1n) is 11.0. The van der Waals surface area contributed by atoms with Crippen molar-refractivity contribution < 1.29 is 18.3 Å². The Kier molecular flexibility index (Phi) is 9.04. The van der Waals surface area contributed by atoms with Crippen LogP contribution in [0.15, 0.2) is 84.9 Å². The van der Waals surface area contributed by atoms with Crippen molar-refractivity contribution in [2.75, 3.05) is 34.4 Å². The second kappa shape index (κ2) is 12.0. The van der Waals surface area contributed by atoms with Crippen LogP contribution in [-0.4, -0.2) is 39.1 Å². The van der Waals surface area contributed by atoms with Crippen molar-refractivity contribution in [3.8, 4) is 5.75 Å². The Hall–Kier alpha value is -2.69. The van der Waals surface area contributed by atoms with Crippen LogP contribution >= 0.6 is 7.75 Å². The summed E-state index contributed by atoms with van der Waals surface area (Å²) in [6.45, 7) is 2.96. The van der Waals surface area contributed by atoms with Crippen LogP contribution in [0.4, 0.5) is 0 Å². The number of rotatable bonds is 11. The van der Waals surface area contributed by atoms with E-state index in [-0.39, 0.29) is 0 Å². The molecule has 6 heteroatoms. The van der Waals surface area contributed by atoms with Crippen molar-refractivity contribution in [2.24, 2.45) is 0 Å². The minimum absolute atomic E-state index is 0.359. The zero-order valence-corrected chi connectivity index (χ0v) is 20.6. The average Bonchev–Trinajstić information content (AvgIpc) is 2.88. The fraction of sp³-hybridized carbons (Fsp3) is 0.259. The smallest absolute Gasteiger partial charge is 0.407 e. The Morgan fingerprint density at radius 1 is 0.788 bits per heavy atom. The van der Waals surface area contributed by atoms with Gasteiger partial charge in [-0.25, -0.2) is 9.24 Å². The molecule has 0 atom stereocenters. The lowest BCUT2D eigenvalue weighted by molar-refractivity contribution is 0.203. The molecule has 0 aliphatic carbocycles. The third-order valence-electron chi connectivity index (χ3n) is 5.55. The highest BCUT2D eigenvalue weighted by Gasteiger charge is 2.27. The highest BCUT2D eigenvalue weighted by Crippen LogP contribution is 2.48. The molecule has 0 spiro atoms. The van der Waals surface area contributed by atoms with Crippen molar-refractivity contribution in [1.29, 1.82) is 0 Å². The Balaban J connectivity index is 1.84. The fourth-order valence-electron chi connectivity index (χ4n) is 3.77. The molecule has 5 nitrogen and oxygen atoms in total. The van der Waals surface area contributed by atoms with Gasteiger partial charge in [0.25, 0.3) is 0 Å². The standard InChI is InChI=1S/C27H32NO4P/c1-5-26(22-12-8-6-9-13-22)27(23-14-10-7-11-15-23)24-16-18-25(19-17-24)32-21-20-28(2)33(29,30-3)31-4/h6-19H,5,20-21H2,1-4H3/b27-26-. The van der Waals surface area contributed by atoms with Gasteiger partial charge in [0.2, 0.25) is 0 Å². The number of hydrogen-bond acceptors (Lipinski definition) is 4. The monoisotopic (exact) mass is 465 g/mol. The minimum Gasteiger partial charge on any atom is -0.492 e. The van der Waals surface area contributed by atoms with Gasteiger partial charge in [-0.2, -0.15) is 0 Å². The van der Waals surface area contributed by atoms with Gasteiger partial charge in [0, 0.05) is 20.8 Å². The van der Waals surface area contributed by atoms with Crippen molar-refractivity contribution in [1.82, 2.24) is 4.67 Å². The molecule has 3 aromatic rings. The Morgan fingerprint density at radius 3 is 1.82 bits per heavy atom. The first-order valence-corrected chi connectivity index (χ1v) is 12.5. The Bertz CT molecular complexity index is 1070. The van der Waals surface area contributed by atoms with E-state index in [9.17, 15) is 4.57 Å². The molecule has 0 N–H and O–H groups in total. The Labute approximate surface area is 197 Å². The molecule has 0 heterocycles. The molecule has 174 valence electrons. The largest absolute Gasteiger partial charge is 0.492 e. The molecular formula is C27H32NO4P. The van der Waals surface area contributed by atoms with E-state index in [0.29, 0.717) is 13.2 Å². The van der Waals surface area contributed by atoms with Crippen molar-refractivity contribution in [3.05, 3.63) is 102 Å². The molecule has 3 aromatic carbocycles. The van der Waals surface area contributed by atoms with Crippen molar-refractivity contribution >= 4 is 18.9 Å². The summed E-state index contributed by atoms with van der Waals surface area (Å²) in [5.41, 5.74) is 6.06. The predicted molar refractivity (Wildman–Crippen MR) is 135 cm³/mol. The van der Waals surface area contributed by atoms with E-state index in [0.717, 1.165) is 17.7 Å². The number of ether oxygens (including phenoxy) is 1. The third kappa shape index (κ3) is 6.21. The summed E-state index contributed by atoms with van der Waals surface area (Å²) in [5.74, 6) is 0.752. The summed E-state index contributed by atoms with van der Waals surface area (Å²) in [7, 11) is 1.19. The number of likely N-dealkylation sites (N-methyl/N-ethyl adjacent to an activating group) is 1. The van der Waals surface area contributed by atoms with Crippen LogP contribution in [0.1, 0.15) is 30.0 Å². The number of hydrogen-bond donors (Lipinski definition) is 0. The van der Waals surface area contributed by atoms with Crippen LogP contribution < -0.4 is 4.74 Å². The van der Waals surface area contributed by atoms with Gasteiger partial charge in [-0.05, 0) is 53.4 Å². The van der Waals surface area contributed by atoms with Gasteiger partial charge in [-0.3, -0.25) is 9.05 Å². The lowest BCUT2D eigenvalue weighted by Crippen LogP contribution is -2.23. The van der Waals surface area contributed by atoms with Crippen LogP contribution in [0.25, 0.3) is 11.1 Å². The molecule has 0 radical (unpaired) electrons. The molecular weight excluding hydrogens is 433 g/mol. The topological polar surface area (TPSA) is 48.0 Å². The van der Waals surface area contributed by atoms with E-state index >= 15 is 0 Å². The van der Waals surface area contributed by atoms with E-state index < -0.39 is 7.75 Å². The molecule has 0 bridgehead atoms. The number of nitrogens with zero attached hydrogens (tertiary/aromatic N) is 1. The average molecular weight is 466 g/mol. The highest BCUT2D eigenvalue weighted by atomic mass is 31.2. The van der Waals surface area contributed by atoms with Crippen LogP contribution in [0, 0.1) is 0 Å². The van der Waals surface area contributed by atoms with Gasteiger partial charge < -0.3 is 4.74 Å². The molecule has 0 unspecified atom stereocenters. The van der Waals surface area contributed by atoms with Gasteiger partial charge in [-0.15, -0.1) is 0 Å². The molecule has 0 saturated heterocycles. The van der Waals surface area contributed by atoms with Gasteiger partial charge in [0.15, 0.2) is 0 Å². The van der Waals surface area contributed by atoms with E-state index in [1.807, 2.05) is 24.3 Å². The quantitative estimate of drug-likeness (QED) is 0.231. The van der Waals surface area contributed by atoms with Crippen LogP contribution in [-0.2, 0) is 13.6 Å². The molecule has 0 saturated carbocycles. The highest BCUT2D eigenvalue weighted by molar-refractivity contribution is 7.51. The summed E-state index contributed by atoms with van der Waals surface area (Å²) in [5, 5.41) is 0. The van der Waals surface area contributed by atoms with E-state index in [1.54, 1.807) is 7.05 Å². The molecule has 0 aromatic heterocycles. The fourth-order valence-corrected chi connectivity index (χ4v) is 4.81. The second-order valence-electron chi connectivity index (χ2n) is 7.53. The predicted octanol–water partition coefficient (Wildman–Crippen LogP) is 6.77. The maximum Gasteiger partial charge on any atom is 0.407 e. The van der Waals surface area contributed by atoms with Gasteiger partial charge >= 0.3 is 7.75 Å². The zero-order chi connectivity index (χ0) is 23.7. The lowest BCUT2D eigenvalue weighted by Gasteiger charge is -2.24. The van der Waals surface area contributed by atoms with Crippen molar-refractivity contribution in [2.45, 2.75) is 13.3 Å². The van der Waals surface area contributed by atoms with E-state index in [4.69, 9.17) is 13.8 Å². The molecule has 0 aliphatic rings. The maximum atomic E-state index is 12.4. The van der Waals surface area contributed by atoms with Crippen molar-refractivity contribution in [3.63, 3.8) is 0 Å². The second-order valence-corrected chi connectivity index (χ2v) is 9.88. The summed E-state index contributed by atoms with van der Waals surface area (Å²) >= 11 is 0. The maximum absolute atomic E-state index is 12.4. The lowest BCUT2D eigenvalue weighted by atomic mass is 9.88. The number of benzene rings is 3. The summed E-state index contributed by atoms with van der Waals surface area (Å²) in [6.07, 6.45) is 0.915. The van der Waals surface area contributed by atoms with Crippen LogP contribution in [0.3, 0.4) is 0 Å². The third-order valence-corrected chi connectivity index (χ3v) is 7.51. The van der Waals surface area contributed by atoms with Crippen LogP contribution in [0.2, 0.25) is 0 Å². The first-order chi connectivity index (χ1) is 16.0. The summed E-state index contributed by atoms with van der Waals surface area (Å²) in [4.78, 5) is 0. The molecule has 3 rings (SSSR count). The van der Waals surface area contributed by atoms with Gasteiger partial charge in [-0.1, -0.05) is 79.7 Å². The summed E-state index contributed by atoms with van der Waals surface area (Å²) < 4.78 is 29.8.